The van der Waals surface area contributed by atoms with E-state index in [1.807, 2.05) is 11.0 Å². The van der Waals surface area contributed by atoms with E-state index in [4.69, 9.17) is 14.2 Å². The molecule has 6 heteroatoms. The van der Waals surface area contributed by atoms with Gasteiger partial charge in [0.15, 0.2) is 0 Å². The second-order valence-electron chi connectivity index (χ2n) is 7.42. The third kappa shape index (κ3) is 3.33. The van der Waals surface area contributed by atoms with Gasteiger partial charge in [0.05, 0.1) is 38.4 Å². The smallest absolute Gasteiger partial charge is 0.229 e. The molecule has 0 saturated carbocycles. The zero-order chi connectivity index (χ0) is 18.0. The Morgan fingerprint density at radius 1 is 1.31 bits per heavy atom. The maximum Gasteiger partial charge on any atom is 0.229 e. The van der Waals surface area contributed by atoms with E-state index in [-0.39, 0.29) is 17.4 Å². The molecule has 3 aliphatic rings. The number of carbonyl (C=O) groups excluding carboxylic acids is 1. The van der Waals surface area contributed by atoms with E-state index >= 15 is 0 Å². The van der Waals surface area contributed by atoms with Crippen molar-refractivity contribution in [2.24, 2.45) is 5.92 Å². The summed E-state index contributed by atoms with van der Waals surface area (Å²) in [4.78, 5) is 14.8. The van der Waals surface area contributed by atoms with Gasteiger partial charge in [0.1, 0.15) is 5.75 Å². The minimum absolute atomic E-state index is 0.0737. The summed E-state index contributed by atoms with van der Waals surface area (Å²) in [5.41, 5.74) is 2.34. The summed E-state index contributed by atoms with van der Waals surface area (Å²) in [6.07, 6.45) is 2.61. The molecule has 2 saturated heterocycles. The van der Waals surface area contributed by atoms with Gasteiger partial charge in [-0.25, -0.2) is 0 Å². The number of ether oxygens (including phenoxy) is 3. The highest BCUT2D eigenvalue weighted by molar-refractivity contribution is 5.79. The zero-order valence-corrected chi connectivity index (χ0v) is 15.5. The Bertz CT molecular complexity index is 647. The van der Waals surface area contributed by atoms with Gasteiger partial charge in [0.25, 0.3) is 0 Å². The topological polar surface area (TPSA) is 60.0 Å². The van der Waals surface area contributed by atoms with Crippen molar-refractivity contribution in [1.82, 2.24) is 10.2 Å². The van der Waals surface area contributed by atoms with Crippen molar-refractivity contribution in [2.75, 3.05) is 53.1 Å². The number of nitrogens with one attached hydrogen (secondary N) is 1. The van der Waals surface area contributed by atoms with Gasteiger partial charge < -0.3 is 24.4 Å². The van der Waals surface area contributed by atoms with Crippen LogP contribution in [0.5, 0.6) is 5.75 Å². The normalized spacial score (nSPS) is 25.4. The Balaban J connectivity index is 1.46. The third-order valence-corrected chi connectivity index (χ3v) is 5.92. The molecule has 4 rings (SSSR count). The van der Waals surface area contributed by atoms with Gasteiger partial charge in [0, 0.05) is 26.2 Å². The maximum atomic E-state index is 12.9. The predicted molar refractivity (Wildman–Crippen MR) is 97.3 cm³/mol. The van der Waals surface area contributed by atoms with Crippen LogP contribution in [-0.4, -0.2) is 63.9 Å². The van der Waals surface area contributed by atoms with Gasteiger partial charge >= 0.3 is 0 Å². The Labute approximate surface area is 154 Å². The van der Waals surface area contributed by atoms with Crippen molar-refractivity contribution in [1.29, 1.82) is 0 Å². The average molecular weight is 360 g/mol. The van der Waals surface area contributed by atoms with Crippen LogP contribution in [0.4, 0.5) is 0 Å². The van der Waals surface area contributed by atoms with E-state index in [1.165, 1.54) is 11.1 Å². The molecule has 1 amide bonds. The van der Waals surface area contributed by atoms with Crippen LogP contribution in [0.15, 0.2) is 18.2 Å². The molecule has 3 heterocycles. The molecular formula is C20H28N2O4. The fourth-order valence-corrected chi connectivity index (χ4v) is 4.41. The molecule has 1 aromatic rings. The van der Waals surface area contributed by atoms with Crippen molar-refractivity contribution in [3.63, 3.8) is 0 Å². The van der Waals surface area contributed by atoms with Gasteiger partial charge in [-0.05, 0) is 42.5 Å². The van der Waals surface area contributed by atoms with Gasteiger partial charge in [-0.15, -0.1) is 0 Å². The number of amides is 1. The molecule has 142 valence electrons. The van der Waals surface area contributed by atoms with E-state index in [0.29, 0.717) is 19.8 Å². The van der Waals surface area contributed by atoms with E-state index in [0.717, 1.165) is 51.3 Å². The fourth-order valence-electron chi connectivity index (χ4n) is 4.41. The number of nitrogens with zero attached hydrogens (tertiary/aromatic N) is 1. The van der Waals surface area contributed by atoms with Crippen molar-refractivity contribution in [3.8, 4) is 5.75 Å². The van der Waals surface area contributed by atoms with Crippen LogP contribution < -0.4 is 10.1 Å². The zero-order valence-electron chi connectivity index (χ0n) is 15.5. The number of hydrogen-bond acceptors (Lipinski definition) is 5. The molecular weight excluding hydrogens is 332 g/mol. The quantitative estimate of drug-likeness (QED) is 0.862. The number of likely N-dealkylation sites (tertiary alicyclic amines) is 1. The summed E-state index contributed by atoms with van der Waals surface area (Å²) < 4.78 is 17.2. The average Bonchev–Trinajstić information content (AvgIpc) is 2.97. The molecule has 1 aromatic carbocycles. The van der Waals surface area contributed by atoms with E-state index in [2.05, 4.69) is 17.4 Å². The minimum atomic E-state index is -0.255. The first-order valence-corrected chi connectivity index (χ1v) is 9.60. The van der Waals surface area contributed by atoms with Crippen molar-refractivity contribution in [3.05, 3.63) is 29.3 Å². The second-order valence-corrected chi connectivity index (χ2v) is 7.42. The van der Waals surface area contributed by atoms with Gasteiger partial charge in [-0.2, -0.15) is 0 Å². The summed E-state index contributed by atoms with van der Waals surface area (Å²) in [5, 5.41) is 3.29. The molecule has 1 atom stereocenters. The Morgan fingerprint density at radius 2 is 2.15 bits per heavy atom. The molecule has 0 bridgehead atoms. The first-order chi connectivity index (χ1) is 12.7. The Hall–Kier alpha value is -1.63. The molecule has 1 unspecified atom stereocenters. The largest absolute Gasteiger partial charge is 0.497 e. The van der Waals surface area contributed by atoms with E-state index in [9.17, 15) is 4.79 Å². The van der Waals surface area contributed by atoms with Crippen LogP contribution in [-0.2, 0) is 26.3 Å². The molecule has 0 aliphatic carbocycles. The number of fused-ring (bicyclic) bond motifs is 2. The Morgan fingerprint density at radius 3 is 2.96 bits per heavy atom. The molecule has 0 aromatic heterocycles. The number of hydrogen-bond donors (Lipinski definition) is 1. The number of rotatable bonds is 2. The summed E-state index contributed by atoms with van der Waals surface area (Å²) in [7, 11) is 1.70. The van der Waals surface area contributed by atoms with Crippen molar-refractivity contribution < 1.29 is 19.0 Å². The van der Waals surface area contributed by atoms with Crippen molar-refractivity contribution >= 4 is 5.91 Å². The first kappa shape index (κ1) is 17.8. The number of methoxy groups -OCH3 is 1. The lowest BCUT2D eigenvalue weighted by Crippen LogP contribution is -2.51. The molecule has 0 radical (unpaired) electrons. The highest BCUT2D eigenvalue weighted by Gasteiger charge is 2.42. The maximum absolute atomic E-state index is 12.9. The molecule has 2 fully saturated rings. The number of piperidine rings is 1. The van der Waals surface area contributed by atoms with Crippen LogP contribution >= 0.6 is 0 Å². The highest BCUT2D eigenvalue weighted by atomic mass is 16.5. The molecule has 1 spiro atoms. The molecule has 6 nitrogen and oxygen atoms in total. The summed E-state index contributed by atoms with van der Waals surface area (Å²) in [5.74, 6) is 1.03. The summed E-state index contributed by atoms with van der Waals surface area (Å²) in [6.45, 7) is 4.93. The van der Waals surface area contributed by atoms with Gasteiger partial charge in [-0.1, -0.05) is 6.07 Å². The van der Waals surface area contributed by atoms with Gasteiger partial charge in [0.2, 0.25) is 5.91 Å². The number of benzene rings is 1. The van der Waals surface area contributed by atoms with Crippen LogP contribution in [0.25, 0.3) is 0 Å². The SMILES string of the molecule is COc1ccc2c(c1)CCOC21CCN(C(=O)C2CNCCOC2)CC1. The Kier molecular flexibility index (Phi) is 5.16. The predicted octanol–water partition coefficient (Wildman–Crippen LogP) is 1.32. The monoisotopic (exact) mass is 360 g/mol. The van der Waals surface area contributed by atoms with Crippen LogP contribution in [0, 0.1) is 5.92 Å². The van der Waals surface area contributed by atoms with Crippen LogP contribution in [0.2, 0.25) is 0 Å². The minimum Gasteiger partial charge on any atom is -0.497 e. The van der Waals surface area contributed by atoms with Crippen LogP contribution in [0.3, 0.4) is 0 Å². The first-order valence-electron chi connectivity index (χ1n) is 9.60. The number of carbonyl (C=O) groups is 1. The lowest BCUT2D eigenvalue weighted by Gasteiger charge is -2.45. The fraction of sp³-hybridized carbons (Fsp3) is 0.650. The lowest BCUT2D eigenvalue weighted by atomic mass is 9.79. The third-order valence-electron chi connectivity index (χ3n) is 5.92. The standard InChI is InChI=1S/C20H28N2O4/c1-24-17-2-3-18-15(12-17)4-10-26-20(18)5-8-22(9-6-20)19(23)16-13-21-7-11-25-14-16/h2-3,12,16,21H,4-11,13-14H2,1H3. The van der Waals surface area contributed by atoms with E-state index < -0.39 is 0 Å². The summed E-state index contributed by atoms with van der Waals surface area (Å²) >= 11 is 0. The summed E-state index contributed by atoms with van der Waals surface area (Å²) in [6, 6.07) is 6.29. The molecule has 26 heavy (non-hydrogen) atoms. The van der Waals surface area contributed by atoms with Crippen LogP contribution in [0.1, 0.15) is 24.0 Å². The van der Waals surface area contributed by atoms with Gasteiger partial charge in [-0.3, -0.25) is 4.79 Å². The molecule has 1 N–H and O–H groups in total. The van der Waals surface area contributed by atoms with Crippen molar-refractivity contribution in [2.45, 2.75) is 24.9 Å². The second kappa shape index (κ2) is 7.55. The highest BCUT2D eigenvalue weighted by Crippen LogP contribution is 2.42. The van der Waals surface area contributed by atoms with E-state index in [1.54, 1.807) is 7.11 Å². The molecule has 3 aliphatic heterocycles. The lowest BCUT2D eigenvalue weighted by molar-refractivity contribution is -0.145.